The third-order valence-corrected chi connectivity index (χ3v) is 5.78. The van der Waals surface area contributed by atoms with E-state index >= 15 is 0 Å². The van der Waals surface area contributed by atoms with Crippen molar-refractivity contribution in [3.05, 3.63) is 96.1 Å². The average molecular weight is 405 g/mol. The Kier molecular flexibility index (Phi) is 6.40. The van der Waals surface area contributed by atoms with Crippen LogP contribution in [0.5, 0.6) is 0 Å². The van der Waals surface area contributed by atoms with E-state index in [9.17, 15) is 4.79 Å². The molecule has 1 aliphatic heterocycles. The normalized spacial score (nSPS) is 16.4. The summed E-state index contributed by atoms with van der Waals surface area (Å²) in [5, 5.41) is -0.311. The first-order valence-corrected chi connectivity index (χ1v) is 10.4. The van der Waals surface area contributed by atoms with Crippen LogP contribution in [0.3, 0.4) is 0 Å². The average Bonchev–Trinajstić information content (AvgIpc) is 2.77. The topological polar surface area (TPSA) is 23.6 Å². The molecule has 0 aliphatic carbocycles. The number of carbonyl (C=O) groups is 1. The molecule has 29 heavy (non-hydrogen) atoms. The molecular formula is C25H25ClN2O. The summed E-state index contributed by atoms with van der Waals surface area (Å²) in [4.78, 5) is 16.9. The van der Waals surface area contributed by atoms with Gasteiger partial charge in [-0.1, -0.05) is 84.9 Å². The summed E-state index contributed by atoms with van der Waals surface area (Å²) in [6, 6.07) is 28.6. The maximum absolute atomic E-state index is 12.3. The molecule has 4 rings (SSSR count). The quantitative estimate of drug-likeness (QED) is 0.541. The summed E-state index contributed by atoms with van der Waals surface area (Å²) in [5.74, 6) is 0. The molecule has 1 unspecified atom stereocenters. The molecule has 3 aromatic rings. The van der Waals surface area contributed by atoms with Gasteiger partial charge in [0.05, 0.1) is 0 Å². The van der Waals surface area contributed by atoms with Gasteiger partial charge in [-0.2, -0.15) is 0 Å². The molecule has 1 saturated heterocycles. The molecule has 0 bridgehead atoms. The molecular weight excluding hydrogens is 380 g/mol. The third-order valence-electron chi connectivity index (χ3n) is 5.57. The third kappa shape index (κ3) is 4.94. The second-order valence-electron chi connectivity index (χ2n) is 7.49. The lowest BCUT2D eigenvalue weighted by molar-refractivity contribution is -0.117. The number of carbonyl (C=O) groups excluding carboxylic acids is 1. The first-order valence-electron chi connectivity index (χ1n) is 10.1. The number of hydrogen-bond acceptors (Lipinski definition) is 3. The maximum atomic E-state index is 12.3. The van der Waals surface area contributed by atoms with Crippen molar-refractivity contribution in [1.29, 1.82) is 0 Å². The van der Waals surface area contributed by atoms with Crippen LogP contribution in [0.25, 0.3) is 11.1 Å². The maximum Gasteiger partial charge on any atom is 0.243 e. The van der Waals surface area contributed by atoms with Crippen LogP contribution < -0.4 is 0 Å². The Hall–Kier alpha value is -2.46. The Morgan fingerprint density at radius 3 is 1.90 bits per heavy atom. The molecule has 0 N–H and O–H groups in total. The summed E-state index contributed by atoms with van der Waals surface area (Å²) in [6.07, 6.45) is 0. The first kappa shape index (κ1) is 19.8. The monoisotopic (exact) mass is 404 g/mol. The molecule has 1 fully saturated rings. The zero-order chi connectivity index (χ0) is 20.1. The van der Waals surface area contributed by atoms with E-state index in [4.69, 9.17) is 11.6 Å². The van der Waals surface area contributed by atoms with Crippen molar-refractivity contribution >= 4 is 16.8 Å². The van der Waals surface area contributed by atoms with E-state index in [1.54, 1.807) is 0 Å². The van der Waals surface area contributed by atoms with Crippen molar-refractivity contribution in [3.63, 3.8) is 0 Å². The number of benzene rings is 3. The molecule has 0 radical (unpaired) electrons. The minimum absolute atomic E-state index is 0.311. The van der Waals surface area contributed by atoms with Gasteiger partial charge in [0.1, 0.15) is 6.04 Å². The van der Waals surface area contributed by atoms with Crippen LogP contribution in [0.4, 0.5) is 0 Å². The molecule has 0 saturated carbocycles. The summed E-state index contributed by atoms with van der Waals surface area (Å²) in [6.45, 7) is 4.46. The van der Waals surface area contributed by atoms with Gasteiger partial charge in [0.25, 0.3) is 0 Å². The standard InChI is InChI=1S/C25H25ClN2O/c26-25(29)24(23-13-11-22(12-14-23)21-9-5-2-6-10-21)28-17-15-27(16-18-28)19-20-7-3-1-4-8-20/h1-14,24H,15-19H2. The van der Waals surface area contributed by atoms with Crippen molar-refractivity contribution in [3.8, 4) is 11.1 Å². The Bertz CT molecular complexity index is 920. The van der Waals surface area contributed by atoms with Crippen LogP contribution >= 0.6 is 11.6 Å². The van der Waals surface area contributed by atoms with Crippen molar-refractivity contribution < 1.29 is 4.79 Å². The Morgan fingerprint density at radius 2 is 1.31 bits per heavy atom. The fraction of sp³-hybridized carbons (Fsp3) is 0.240. The molecule has 3 nitrogen and oxygen atoms in total. The Labute approximate surface area is 177 Å². The van der Waals surface area contributed by atoms with E-state index in [1.807, 2.05) is 36.4 Å². The van der Waals surface area contributed by atoms with E-state index in [2.05, 4.69) is 58.3 Å². The van der Waals surface area contributed by atoms with Gasteiger partial charge in [-0.15, -0.1) is 0 Å². The van der Waals surface area contributed by atoms with E-state index in [-0.39, 0.29) is 11.3 Å². The van der Waals surface area contributed by atoms with Gasteiger partial charge in [0, 0.05) is 32.7 Å². The van der Waals surface area contributed by atoms with E-state index < -0.39 is 0 Å². The van der Waals surface area contributed by atoms with Gasteiger partial charge in [-0.25, -0.2) is 0 Å². The van der Waals surface area contributed by atoms with Gasteiger partial charge in [0.15, 0.2) is 0 Å². The number of halogens is 1. The van der Waals surface area contributed by atoms with Crippen LogP contribution in [0.1, 0.15) is 17.2 Å². The van der Waals surface area contributed by atoms with Crippen molar-refractivity contribution in [2.75, 3.05) is 26.2 Å². The highest BCUT2D eigenvalue weighted by atomic mass is 35.5. The first-order chi connectivity index (χ1) is 14.2. The smallest absolute Gasteiger partial charge is 0.243 e. The van der Waals surface area contributed by atoms with Gasteiger partial charge in [0.2, 0.25) is 5.24 Å². The molecule has 1 aliphatic rings. The zero-order valence-electron chi connectivity index (χ0n) is 16.4. The number of hydrogen-bond donors (Lipinski definition) is 0. The highest BCUT2D eigenvalue weighted by molar-refractivity contribution is 6.64. The molecule has 1 heterocycles. The van der Waals surface area contributed by atoms with Gasteiger partial charge in [-0.3, -0.25) is 14.6 Å². The van der Waals surface area contributed by atoms with E-state index in [0.29, 0.717) is 0 Å². The Morgan fingerprint density at radius 1 is 0.759 bits per heavy atom. The fourth-order valence-corrected chi connectivity index (χ4v) is 4.26. The second kappa shape index (κ2) is 9.36. The van der Waals surface area contributed by atoms with Gasteiger partial charge in [-0.05, 0) is 33.9 Å². The van der Waals surface area contributed by atoms with E-state index in [0.717, 1.165) is 43.9 Å². The van der Waals surface area contributed by atoms with Crippen molar-refractivity contribution in [2.45, 2.75) is 12.6 Å². The molecule has 1 atom stereocenters. The zero-order valence-corrected chi connectivity index (χ0v) is 17.1. The predicted octanol–water partition coefficient (Wildman–Crippen LogP) is 4.98. The second-order valence-corrected chi connectivity index (χ2v) is 7.86. The van der Waals surface area contributed by atoms with Crippen LogP contribution in [0.15, 0.2) is 84.9 Å². The molecule has 0 amide bonds. The fourth-order valence-electron chi connectivity index (χ4n) is 4.00. The molecule has 3 aromatic carbocycles. The minimum atomic E-state index is -0.389. The lowest BCUT2D eigenvalue weighted by Crippen LogP contribution is -2.48. The van der Waals surface area contributed by atoms with Crippen LogP contribution in [0.2, 0.25) is 0 Å². The summed E-state index contributed by atoms with van der Waals surface area (Å²) >= 11 is 6.04. The number of piperazine rings is 1. The minimum Gasteiger partial charge on any atom is -0.297 e. The highest BCUT2D eigenvalue weighted by Crippen LogP contribution is 2.28. The lowest BCUT2D eigenvalue weighted by Gasteiger charge is -2.38. The van der Waals surface area contributed by atoms with Crippen LogP contribution in [-0.4, -0.2) is 41.2 Å². The summed E-state index contributed by atoms with van der Waals surface area (Å²) in [7, 11) is 0. The van der Waals surface area contributed by atoms with Gasteiger partial charge < -0.3 is 0 Å². The largest absolute Gasteiger partial charge is 0.297 e. The molecule has 0 aromatic heterocycles. The summed E-state index contributed by atoms with van der Waals surface area (Å²) < 4.78 is 0. The number of rotatable bonds is 6. The Balaban J connectivity index is 1.43. The van der Waals surface area contributed by atoms with Crippen LogP contribution in [0, 0.1) is 0 Å². The van der Waals surface area contributed by atoms with Crippen molar-refractivity contribution in [2.24, 2.45) is 0 Å². The molecule has 148 valence electrons. The molecule has 4 heteroatoms. The highest BCUT2D eigenvalue weighted by Gasteiger charge is 2.29. The SMILES string of the molecule is O=C(Cl)C(c1ccc(-c2ccccc2)cc1)N1CCN(Cc2ccccc2)CC1. The predicted molar refractivity (Wildman–Crippen MR) is 119 cm³/mol. The lowest BCUT2D eigenvalue weighted by atomic mass is 10.00. The van der Waals surface area contributed by atoms with Crippen LogP contribution in [-0.2, 0) is 11.3 Å². The van der Waals surface area contributed by atoms with Gasteiger partial charge >= 0.3 is 0 Å². The number of nitrogens with zero attached hydrogens (tertiary/aromatic N) is 2. The summed E-state index contributed by atoms with van der Waals surface area (Å²) in [5.41, 5.74) is 4.59. The van der Waals surface area contributed by atoms with E-state index in [1.165, 1.54) is 11.1 Å². The molecule has 0 spiro atoms. The van der Waals surface area contributed by atoms with Crippen molar-refractivity contribution in [1.82, 2.24) is 9.80 Å².